The number of sulfonamides is 1. The van der Waals surface area contributed by atoms with Crippen molar-refractivity contribution in [1.29, 1.82) is 0 Å². The standard InChI is InChI=1S/C19H23NO4S/c1-12(2)16-9-6-10-17(13(3)4)18(16)20-25(23,24)15-8-5-7-14(11-15)19(21)22/h5-13,20H,1-4H3,(H,21,22)/p-1. The summed E-state index contributed by atoms with van der Waals surface area (Å²) in [6.07, 6.45) is 0. The van der Waals surface area contributed by atoms with Crippen molar-refractivity contribution in [2.45, 2.75) is 44.4 Å². The fourth-order valence-corrected chi connectivity index (χ4v) is 3.81. The van der Waals surface area contributed by atoms with E-state index >= 15 is 0 Å². The highest BCUT2D eigenvalue weighted by atomic mass is 32.2. The van der Waals surface area contributed by atoms with Gasteiger partial charge in [-0.1, -0.05) is 58.0 Å². The van der Waals surface area contributed by atoms with Crippen LogP contribution < -0.4 is 9.83 Å². The zero-order chi connectivity index (χ0) is 18.8. The summed E-state index contributed by atoms with van der Waals surface area (Å²) in [7, 11) is -3.92. The molecule has 0 bridgehead atoms. The molecule has 0 heterocycles. The summed E-state index contributed by atoms with van der Waals surface area (Å²) in [6, 6.07) is 10.9. The second kappa shape index (κ2) is 7.27. The summed E-state index contributed by atoms with van der Waals surface area (Å²) < 4.78 is 28.3. The fraction of sp³-hybridized carbons (Fsp3) is 0.316. The zero-order valence-electron chi connectivity index (χ0n) is 14.7. The van der Waals surface area contributed by atoms with Crippen LogP contribution >= 0.6 is 0 Å². The highest BCUT2D eigenvalue weighted by Crippen LogP contribution is 2.34. The lowest BCUT2D eigenvalue weighted by atomic mass is 9.93. The minimum atomic E-state index is -3.92. The largest absolute Gasteiger partial charge is 0.545 e. The molecule has 5 nitrogen and oxygen atoms in total. The highest BCUT2D eigenvalue weighted by Gasteiger charge is 2.21. The van der Waals surface area contributed by atoms with Crippen LogP contribution in [-0.4, -0.2) is 14.4 Å². The Kier molecular flexibility index (Phi) is 5.52. The number of benzene rings is 2. The first-order chi connectivity index (χ1) is 11.6. The van der Waals surface area contributed by atoms with Crippen molar-refractivity contribution >= 4 is 21.7 Å². The number of hydrogen-bond acceptors (Lipinski definition) is 4. The summed E-state index contributed by atoms with van der Waals surface area (Å²) in [5.41, 5.74) is 2.17. The third-order valence-corrected chi connectivity index (χ3v) is 5.34. The van der Waals surface area contributed by atoms with E-state index in [1.165, 1.54) is 18.2 Å². The minimum absolute atomic E-state index is 0.109. The van der Waals surface area contributed by atoms with Crippen LogP contribution in [0.1, 0.15) is 61.0 Å². The van der Waals surface area contributed by atoms with Gasteiger partial charge >= 0.3 is 0 Å². The minimum Gasteiger partial charge on any atom is -0.545 e. The molecule has 0 atom stereocenters. The van der Waals surface area contributed by atoms with Crippen LogP contribution in [0.4, 0.5) is 5.69 Å². The van der Waals surface area contributed by atoms with E-state index < -0.39 is 16.0 Å². The molecule has 2 rings (SSSR count). The molecule has 25 heavy (non-hydrogen) atoms. The topological polar surface area (TPSA) is 86.3 Å². The maximum absolute atomic E-state index is 12.8. The molecule has 1 N–H and O–H groups in total. The van der Waals surface area contributed by atoms with E-state index in [1.54, 1.807) is 0 Å². The Balaban J connectivity index is 2.55. The first-order valence-electron chi connectivity index (χ1n) is 8.10. The maximum atomic E-state index is 12.8. The molecule has 0 unspecified atom stereocenters. The van der Waals surface area contributed by atoms with Crippen molar-refractivity contribution in [2.75, 3.05) is 4.72 Å². The van der Waals surface area contributed by atoms with Crippen molar-refractivity contribution in [3.05, 3.63) is 59.2 Å². The summed E-state index contributed by atoms with van der Waals surface area (Å²) in [5.74, 6) is -1.15. The molecule has 0 fully saturated rings. The quantitative estimate of drug-likeness (QED) is 0.857. The molecular formula is C19H22NO4S-. The Labute approximate surface area is 148 Å². The summed E-state index contributed by atoms with van der Waals surface area (Å²) in [6.45, 7) is 7.98. The number of para-hydroxylation sites is 1. The van der Waals surface area contributed by atoms with Gasteiger partial charge in [-0.3, -0.25) is 4.72 Å². The van der Waals surface area contributed by atoms with Gasteiger partial charge in [0.15, 0.2) is 0 Å². The molecular weight excluding hydrogens is 338 g/mol. The number of carboxylic acids is 1. The number of carbonyl (C=O) groups is 1. The molecule has 2 aromatic carbocycles. The average molecular weight is 360 g/mol. The first-order valence-corrected chi connectivity index (χ1v) is 9.59. The van der Waals surface area contributed by atoms with Crippen LogP contribution in [0.15, 0.2) is 47.4 Å². The van der Waals surface area contributed by atoms with Gasteiger partial charge < -0.3 is 9.90 Å². The van der Waals surface area contributed by atoms with Crippen LogP contribution in [0.3, 0.4) is 0 Å². The van der Waals surface area contributed by atoms with E-state index in [9.17, 15) is 18.3 Å². The normalized spacial score (nSPS) is 11.8. The third kappa shape index (κ3) is 4.20. The number of carboxylic acid groups (broad SMARTS) is 1. The van der Waals surface area contributed by atoms with E-state index in [0.717, 1.165) is 17.2 Å². The van der Waals surface area contributed by atoms with Gasteiger partial charge in [0.1, 0.15) is 0 Å². The summed E-state index contributed by atoms with van der Waals surface area (Å²) >= 11 is 0. The van der Waals surface area contributed by atoms with Crippen LogP contribution in [0.2, 0.25) is 0 Å². The van der Waals surface area contributed by atoms with E-state index in [1.807, 2.05) is 45.9 Å². The number of anilines is 1. The number of rotatable bonds is 6. The highest BCUT2D eigenvalue weighted by molar-refractivity contribution is 7.92. The van der Waals surface area contributed by atoms with Crippen molar-refractivity contribution < 1.29 is 18.3 Å². The molecule has 0 aliphatic heterocycles. The number of nitrogens with one attached hydrogen (secondary N) is 1. The molecule has 2 aromatic rings. The number of hydrogen-bond donors (Lipinski definition) is 1. The Morgan fingerprint density at radius 3 is 1.96 bits per heavy atom. The Bertz CT molecular complexity index is 860. The van der Waals surface area contributed by atoms with E-state index in [0.29, 0.717) is 5.69 Å². The second-order valence-corrected chi connectivity index (χ2v) is 8.22. The average Bonchev–Trinajstić information content (AvgIpc) is 2.54. The van der Waals surface area contributed by atoms with Gasteiger partial charge in [0.05, 0.1) is 16.6 Å². The predicted octanol–water partition coefficient (Wildman–Crippen LogP) is 3.10. The predicted molar refractivity (Wildman–Crippen MR) is 96.2 cm³/mol. The fourth-order valence-electron chi connectivity index (χ4n) is 2.65. The molecule has 0 radical (unpaired) electrons. The van der Waals surface area contributed by atoms with Crippen LogP contribution in [0.5, 0.6) is 0 Å². The smallest absolute Gasteiger partial charge is 0.261 e. The molecule has 6 heteroatoms. The summed E-state index contributed by atoms with van der Waals surface area (Å²) in [4.78, 5) is 10.9. The van der Waals surface area contributed by atoms with Crippen LogP contribution in [0.25, 0.3) is 0 Å². The SMILES string of the molecule is CC(C)c1cccc(C(C)C)c1NS(=O)(=O)c1cccc(C(=O)[O-])c1. The van der Waals surface area contributed by atoms with Gasteiger partial charge in [0.25, 0.3) is 10.0 Å². The van der Waals surface area contributed by atoms with Gasteiger partial charge in [-0.05, 0) is 40.7 Å². The van der Waals surface area contributed by atoms with Crippen molar-refractivity contribution in [3.63, 3.8) is 0 Å². The molecule has 0 amide bonds. The van der Waals surface area contributed by atoms with E-state index in [-0.39, 0.29) is 22.3 Å². The van der Waals surface area contributed by atoms with E-state index in [4.69, 9.17) is 0 Å². The molecule has 0 aliphatic rings. The lowest BCUT2D eigenvalue weighted by Crippen LogP contribution is -2.23. The zero-order valence-corrected chi connectivity index (χ0v) is 15.6. The van der Waals surface area contributed by atoms with Gasteiger partial charge in [-0.25, -0.2) is 8.42 Å². The monoisotopic (exact) mass is 360 g/mol. The van der Waals surface area contributed by atoms with Gasteiger partial charge in [0, 0.05) is 0 Å². The van der Waals surface area contributed by atoms with E-state index in [2.05, 4.69) is 4.72 Å². The Hall–Kier alpha value is -2.34. The van der Waals surface area contributed by atoms with Crippen LogP contribution in [-0.2, 0) is 10.0 Å². The maximum Gasteiger partial charge on any atom is 0.261 e. The number of carbonyl (C=O) groups excluding carboxylic acids is 1. The molecule has 0 spiro atoms. The Morgan fingerprint density at radius 1 is 0.960 bits per heavy atom. The van der Waals surface area contributed by atoms with Gasteiger partial charge in [-0.15, -0.1) is 0 Å². The van der Waals surface area contributed by atoms with Crippen molar-refractivity contribution in [3.8, 4) is 0 Å². The number of aromatic carboxylic acids is 1. The van der Waals surface area contributed by atoms with Crippen molar-refractivity contribution in [2.24, 2.45) is 0 Å². The summed E-state index contributed by atoms with van der Waals surface area (Å²) in [5, 5.41) is 11.0. The van der Waals surface area contributed by atoms with Crippen LogP contribution in [0, 0.1) is 0 Å². The first kappa shape index (κ1) is 19.0. The Morgan fingerprint density at radius 2 is 1.48 bits per heavy atom. The molecule has 0 aromatic heterocycles. The lowest BCUT2D eigenvalue weighted by Gasteiger charge is -2.21. The molecule has 0 saturated heterocycles. The molecule has 134 valence electrons. The lowest BCUT2D eigenvalue weighted by molar-refractivity contribution is -0.255. The second-order valence-electron chi connectivity index (χ2n) is 6.54. The van der Waals surface area contributed by atoms with Gasteiger partial charge in [0.2, 0.25) is 0 Å². The van der Waals surface area contributed by atoms with Gasteiger partial charge in [-0.2, -0.15) is 0 Å². The third-order valence-electron chi connectivity index (χ3n) is 3.99. The molecule has 0 aliphatic carbocycles. The molecule has 0 saturated carbocycles. The van der Waals surface area contributed by atoms with Crippen molar-refractivity contribution in [1.82, 2.24) is 0 Å².